The van der Waals surface area contributed by atoms with Gasteiger partial charge in [0.25, 0.3) is 0 Å². The molecule has 0 radical (unpaired) electrons. The Labute approximate surface area is 210 Å². The molecule has 0 aromatic carbocycles. The van der Waals surface area contributed by atoms with Crippen LogP contribution in [0.1, 0.15) is 48.0 Å². The normalized spacial score (nSPS) is 40.2. The number of fused-ring (bicyclic) bond motifs is 3. The lowest BCUT2D eigenvalue weighted by atomic mass is 9.52. The summed E-state index contributed by atoms with van der Waals surface area (Å²) in [4.78, 5) is 27.5. The Kier molecular flexibility index (Phi) is 6.87. The molecule has 0 unspecified atom stereocenters. The van der Waals surface area contributed by atoms with Crippen molar-refractivity contribution in [2.45, 2.75) is 65.0 Å². The first-order valence-corrected chi connectivity index (χ1v) is 11.7. The lowest BCUT2D eigenvalue weighted by Gasteiger charge is -2.51. The SMILES string of the molecule is C/C=C/C=C/C(O)=C1\C[C@](C)(O)[C@]2(O)O[C@]3(C)C(=O)C(C)=C(O)\C(=C(O)/C=C/C=C/C)[C@@H]3[C@]2(C)C1=O. The summed E-state index contributed by atoms with van der Waals surface area (Å²) < 4.78 is 5.97. The van der Waals surface area contributed by atoms with E-state index in [0.717, 1.165) is 0 Å². The van der Waals surface area contributed by atoms with Crippen LogP contribution in [0.5, 0.6) is 0 Å². The predicted octanol–water partition coefficient (Wildman–Crippen LogP) is 4.11. The number of hydrogen-bond acceptors (Lipinski definition) is 8. The fraction of sp³-hybridized carbons (Fsp3) is 0.429. The van der Waals surface area contributed by atoms with Gasteiger partial charge in [0.1, 0.15) is 28.5 Å². The summed E-state index contributed by atoms with van der Waals surface area (Å²) >= 11 is 0. The van der Waals surface area contributed by atoms with Gasteiger partial charge < -0.3 is 30.3 Å². The Hall–Kier alpha value is -3.20. The number of hydrogen-bond donors (Lipinski definition) is 5. The highest BCUT2D eigenvalue weighted by Crippen LogP contribution is 2.67. The molecule has 5 atom stereocenters. The van der Waals surface area contributed by atoms with Gasteiger partial charge in [-0.2, -0.15) is 0 Å². The third kappa shape index (κ3) is 3.55. The standard InChI is InChI=1S/C28H34O8/c1-7-9-11-13-18(29)17-15-25(4,34)28(35)26(5,24(17)33)22-20(19(30)14-12-10-8-2)21(31)16(3)23(32)27(22,6)36-28/h7-14,22,29-31,34-35H,15H2,1-6H3/b9-7+,10-8+,13-11+,14-12+,18-17-,20-19-/t22-,25+,26-,27+,28+/m1/s1. The van der Waals surface area contributed by atoms with Crippen molar-refractivity contribution in [3.8, 4) is 0 Å². The Morgan fingerprint density at radius 3 is 1.97 bits per heavy atom. The quantitative estimate of drug-likeness (QED) is 0.221. The van der Waals surface area contributed by atoms with Gasteiger partial charge in [0, 0.05) is 29.1 Å². The maximum absolute atomic E-state index is 14.1. The molecule has 1 heterocycles. The molecule has 36 heavy (non-hydrogen) atoms. The van der Waals surface area contributed by atoms with E-state index in [0.29, 0.717) is 0 Å². The van der Waals surface area contributed by atoms with E-state index in [9.17, 15) is 35.1 Å². The van der Waals surface area contributed by atoms with Crippen LogP contribution in [0.25, 0.3) is 0 Å². The summed E-state index contributed by atoms with van der Waals surface area (Å²) in [5, 5.41) is 56.1. The zero-order chi connectivity index (χ0) is 27.3. The molecule has 8 nitrogen and oxygen atoms in total. The van der Waals surface area contributed by atoms with Crippen molar-refractivity contribution in [3.05, 3.63) is 82.6 Å². The molecule has 0 aromatic rings. The fourth-order valence-electron chi connectivity index (χ4n) is 5.77. The molecule has 0 aromatic heterocycles. The Morgan fingerprint density at radius 1 is 0.917 bits per heavy atom. The van der Waals surface area contributed by atoms with Gasteiger partial charge in [-0.1, -0.05) is 36.5 Å². The summed E-state index contributed by atoms with van der Waals surface area (Å²) in [6, 6.07) is 0. The average molecular weight is 499 g/mol. The molecule has 2 fully saturated rings. The van der Waals surface area contributed by atoms with Crippen molar-refractivity contribution in [1.29, 1.82) is 0 Å². The molecule has 0 bridgehead atoms. The molecule has 2 aliphatic carbocycles. The molecule has 0 spiro atoms. The maximum Gasteiger partial charge on any atom is 0.209 e. The third-order valence-corrected chi connectivity index (χ3v) is 7.58. The molecule has 3 rings (SSSR count). The van der Waals surface area contributed by atoms with Gasteiger partial charge in [-0.05, 0) is 53.7 Å². The molecular weight excluding hydrogens is 464 g/mol. The monoisotopic (exact) mass is 498 g/mol. The zero-order valence-electron chi connectivity index (χ0n) is 21.4. The van der Waals surface area contributed by atoms with Crippen molar-refractivity contribution < 1.29 is 39.9 Å². The minimum atomic E-state index is -2.60. The Bertz CT molecular complexity index is 1210. The highest BCUT2D eigenvalue weighted by Gasteiger charge is 2.81. The molecule has 8 heteroatoms. The van der Waals surface area contributed by atoms with E-state index in [2.05, 4.69) is 0 Å². The van der Waals surface area contributed by atoms with E-state index in [-0.39, 0.29) is 16.7 Å². The van der Waals surface area contributed by atoms with Gasteiger partial charge >= 0.3 is 0 Å². The van der Waals surface area contributed by atoms with Gasteiger partial charge in [0.15, 0.2) is 11.6 Å². The van der Waals surface area contributed by atoms with Crippen molar-refractivity contribution in [1.82, 2.24) is 0 Å². The molecule has 3 aliphatic rings. The van der Waals surface area contributed by atoms with Crippen molar-refractivity contribution in [3.63, 3.8) is 0 Å². The average Bonchev–Trinajstić information content (AvgIpc) is 3.01. The number of carbonyl (C=O) groups excluding carboxylic acids is 2. The van der Waals surface area contributed by atoms with Gasteiger partial charge in [0.05, 0.1) is 5.41 Å². The van der Waals surface area contributed by atoms with Gasteiger partial charge in [-0.25, -0.2) is 0 Å². The Morgan fingerprint density at radius 2 is 1.44 bits per heavy atom. The van der Waals surface area contributed by atoms with E-state index in [1.54, 1.807) is 38.2 Å². The highest BCUT2D eigenvalue weighted by atomic mass is 16.7. The minimum absolute atomic E-state index is 0.124. The second-order valence-corrected chi connectivity index (χ2v) is 10.0. The topological polar surface area (TPSA) is 145 Å². The van der Waals surface area contributed by atoms with Crippen molar-refractivity contribution in [2.24, 2.45) is 11.3 Å². The van der Waals surface area contributed by atoms with Gasteiger partial charge in [-0.15, -0.1) is 0 Å². The summed E-state index contributed by atoms with van der Waals surface area (Å²) in [5.41, 5.74) is -6.64. The lowest BCUT2D eigenvalue weighted by molar-refractivity contribution is -0.326. The van der Waals surface area contributed by atoms with Crippen molar-refractivity contribution in [2.75, 3.05) is 0 Å². The van der Waals surface area contributed by atoms with Crippen LogP contribution < -0.4 is 0 Å². The van der Waals surface area contributed by atoms with Crippen LogP contribution in [-0.4, -0.2) is 54.1 Å². The van der Waals surface area contributed by atoms with E-state index in [1.165, 1.54) is 52.0 Å². The summed E-state index contributed by atoms with van der Waals surface area (Å²) in [7, 11) is 0. The fourth-order valence-corrected chi connectivity index (χ4v) is 5.77. The smallest absolute Gasteiger partial charge is 0.209 e. The number of ketones is 2. The molecule has 1 aliphatic heterocycles. The number of aliphatic hydroxyl groups is 5. The Balaban J connectivity index is 2.41. The molecular formula is C28H34O8. The largest absolute Gasteiger partial charge is 0.508 e. The van der Waals surface area contributed by atoms with Gasteiger partial charge in [0.2, 0.25) is 5.79 Å². The molecule has 194 valence electrons. The number of aliphatic hydroxyl groups excluding tert-OH is 3. The van der Waals surface area contributed by atoms with Crippen LogP contribution >= 0.6 is 0 Å². The van der Waals surface area contributed by atoms with Crippen LogP contribution in [0, 0.1) is 11.3 Å². The zero-order valence-corrected chi connectivity index (χ0v) is 21.4. The minimum Gasteiger partial charge on any atom is -0.508 e. The number of Topliss-reactive ketones (excluding diaryl/α,β-unsaturated/α-hetero) is 2. The van der Waals surface area contributed by atoms with Crippen LogP contribution in [0.4, 0.5) is 0 Å². The first kappa shape index (κ1) is 27.4. The molecule has 5 N–H and O–H groups in total. The number of allylic oxidation sites excluding steroid dienone is 9. The molecule has 1 saturated carbocycles. The van der Waals surface area contributed by atoms with Gasteiger partial charge in [-0.3, -0.25) is 9.59 Å². The number of carbonyl (C=O) groups is 2. The highest BCUT2D eigenvalue weighted by molar-refractivity contribution is 6.09. The summed E-state index contributed by atoms with van der Waals surface area (Å²) in [5.74, 6) is -6.90. The maximum atomic E-state index is 14.1. The first-order chi connectivity index (χ1) is 16.7. The summed E-state index contributed by atoms with van der Waals surface area (Å²) in [6.07, 6.45) is 11.8. The van der Waals surface area contributed by atoms with E-state index >= 15 is 0 Å². The third-order valence-electron chi connectivity index (χ3n) is 7.58. The molecule has 0 amide bonds. The van der Waals surface area contributed by atoms with Crippen LogP contribution in [-0.2, 0) is 14.3 Å². The number of ether oxygens (including phenoxy) is 1. The van der Waals surface area contributed by atoms with Crippen LogP contribution in [0.3, 0.4) is 0 Å². The molecule has 1 saturated heterocycles. The van der Waals surface area contributed by atoms with E-state index in [1.807, 2.05) is 0 Å². The van der Waals surface area contributed by atoms with Crippen LogP contribution in [0.15, 0.2) is 82.6 Å². The number of rotatable bonds is 4. The second-order valence-electron chi connectivity index (χ2n) is 10.0. The summed E-state index contributed by atoms with van der Waals surface area (Å²) in [6.45, 7) is 8.82. The first-order valence-electron chi connectivity index (χ1n) is 11.7. The van der Waals surface area contributed by atoms with E-state index < -0.39 is 63.6 Å². The van der Waals surface area contributed by atoms with Crippen LogP contribution in [0.2, 0.25) is 0 Å². The second kappa shape index (κ2) is 9.03. The van der Waals surface area contributed by atoms with E-state index in [4.69, 9.17) is 4.74 Å². The van der Waals surface area contributed by atoms with Crippen molar-refractivity contribution >= 4 is 11.6 Å². The predicted molar refractivity (Wildman–Crippen MR) is 134 cm³/mol. The lowest BCUT2D eigenvalue weighted by Crippen LogP contribution is -2.68.